The third-order valence-corrected chi connectivity index (χ3v) is 6.61. The van der Waals surface area contributed by atoms with E-state index in [1.165, 1.54) is 0 Å². The predicted octanol–water partition coefficient (Wildman–Crippen LogP) is 2.66. The van der Waals surface area contributed by atoms with Gasteiger partial charge in [-0.3, -0.25) is 4.55 Å². The fourth-order valence-corrected chi connectivity index (χ4v) is 7.40. The molecule has 0 heterocycles. The van der Waals surface area contributed by atoms with Crippen LogP contribution in [0.4, 0.5) is 0 Å². The zero-order valence-electron chi connectivity index (χ0n) is 8.29. The monoisotopic (exact) mass is 462 g/mol. The van der Waals surface area contributed by atoms with E-state index in [1.807, 2.05) is 0 Å². The van der Waals surface area contributed by atoms with Crippen molar-refractivity contribution in [1.29, 1.82) is 0 Å². The summed E-state index contributed by atoms with van der Waals surface area (Å²) in [6.07, 6.45) is 0. The van der Waals surface area contributed by atoms with Crippen LogP contribution in [0.1, 0.15) is 13.8 Å². The molecule has 3 atom stereocenters. The van der Waals surface area contributed by atoms with Gasteiger partial charge in [0.2, 0.25) is 4.93 Å². The summed E-state index contributed by atoms with van der Waals surface area (Å²) in [5.74, 6) is -0.870. The molecule has 0 radical (unpaired) electrons. The van der Waals surface area contributed by atoms with Gasteiger partial charge in [0.1, 0.15) is 2.14 Å². The molecule has 9 heteroatoms. The van der Waals surface area contributed by atoms with Gasteiger partial charge in [0.15, 0.2) is 0 Å². The minimum Gasteiger partial charge on any atom is -0.371 e. The molecule has 1 aliphatic carbocycles. The minimum atomic E-state index is -4.68. The van der Waals surface area contributed by atoms with Crippen LogP contribution in [0.2, 0.25) is 0 Å². The van der Waals surface area contributed by atoms with Crippen LogP contribution in [-0.4, -0.2) is 30.5 Å². The standard InChI is InChI=1S/C7H10Br3ClO4S/c1-5(2)3(7(8,9)10)6(12,4(5)11)16(13,14)15/h3-4,12H,1-2H3,(H,13,14,15). The summed E-state index contributed by atoms with van der Waals surface area (Å²) in [7, 11) is -4.68. The highest BCUT2D eigenvalue weighted by Gasteiger charge is 2.76. The maximum absolute atomic E-state index is 11.2. The van der Waals surface area contributed by atoms with Crippen molar-refractivity contribution in [3.63, 3.8) is 0 Å². The van der Waals surface area contributed by atoms with Crippen molar-refractivity contribution in [2.24, 2.45) is 11.3 Å². The molecule has 0 amide bonds. The Balaban J connectivity index is 3.34. The number of hydrogen-bond donors (Lipinski definition) is 2. The Morgan fingerprint density at radius 3 is 1.88 bits per heavy atom. The summed E-state index contributed by atoms with van der Waals surface area (Å²) in [4.78, 5) is -2.39. The van der Waals surface area contributed by atoms with E-state index in [2.05, 4.69) is 47.8 Å². The van der Waals surface area contributed by atoms with E-state index in [1.54, 1.807) is 13.8 Å². The van der Waals surface area contributed by atoms with Gasteiger partial charge in [-0.15, -0.1) is 11.6 Å². The van der Waals surface area contributed by atoms with Gasteiger partial charge >= 0.3 is 0 Å². The smallest absolute Gasteiger partial charge is 0.296 e. The number of hydrogen-bond acceptors (Lipinski definition) is 3. The van der Waals surface area contributed by atoms with Gasteiger partial charge in [-0.2, -0.15) is 8.42 Å². The average molecular weight is 465 g/mol. The normalized spacial score (nSPS) is 39.2. The minimum absolute atomic E-state index is 0.692. The van der Waals surface area contributed by atoms with E-state index in [0.717, 1.165) is 0 Å². The van der Waals surface area contributed by atoms with Crippen LogP contribution in [-0.2, 0) is 10.1 Å². The second-order valence-electron chi connectivity index (χ2n) is 4.39. The second-order valence-corrected chi connectivity index (χ2v) is 13.4. The van der Waals surface area contributed by atoms with Crippen molar-refractivity contribution in [3.8, 4) is 0 Å². The number of alkyl halides is 4. The summed E-state index contributed by atoms with van der Waals surface area (Å²) >= 11 is 15.4. The first kappa shape index (κ1) is 15.7. The molecule has 3 unspecified atom stereocenters. The molecule has 1 aliphatic rings. The molecule has 2 N–H and O–H groups in total. The van der Waals surface area contributed by atoms with Crippen LogP contribution in [0.3, 0.4) is 0 Å². The molecule has 0 bridgehead atoms. The molecule has 0 aromatic rings. The molecule has 4 nitrogen and oxygen atoms in total. The van der Waals surface area contributed by atoms with Crippen LogP contribution in [0.25, 0.3) is 0 Å². The molecule has 0 aliphatic heterocycles. The molecule has 96 valence electrons. The van der Waals surface area contributed by atoms with E-state index in [4.69, 9.17) is 16.2 Å². The van der Waals surface area contributed by atoms with Gasteiger partial charge in [-0.1, -0.05) is 61.6 Å². The largest absolute Gasteiger partial charge is 0.371 e. The van der Waals surface area contributed by atoms with Crippen molar-refractivity contribution in [1.82, 2.24) is 0 Å². The molecular formula is C7H10Br3ClO4S. The van der Waals surface area contributed by atoms with Crippen LogP contribution < -0.4 is 0 Å². The van der Waals surface area contributed by atoms with Gasteiger partial charge in [-0.05, 0) is 5.41 Å². The zero-order chi connectivity index (χ0) is 13.2. The van der Waals surface area contributed by atoms with Crippen molar-refractivity contribution < 1.29 is 18.1 Å². The Kier molecular flexibility index (Phi) is 3.96. The summed E-state index contributed by atoms with van der Waals surface area (Å²) in [6, 6.07) is 0. The Morgan fingerprint density at radius 2 is 1.69 bits per heavy atom. The molecule has 1 rings (SSSR count). The van der Waals surface area contributed by atoms with E-state index in [-0.39, 0.29) is 0 Å². The topological polar surface area (TPSA) is 74.6 Å². The van der Waals surface area contributed by atoms with Gasteiger partial charge in [0, 0.05) is 5.92 Å². The fourth-order valence-electron chi connectivity index (χ4n) is 2.20. The SMILES string of the molecule is CC1(C)C(Cl)C(O)(S(=O)(=O)O)C1C(Br)(Br)Br. The highest BCUT2D eigenvalue weighted by atomic mass is 80.0. The summed E-state index contributed by atoms with van der Waals surface area (Å²) in [6.45, 7) is 3.40. The van der Waals surface area contributed by atoms with Gasteiger partial charge in [-0.25, -0.2) is 0 Å². The summed E-state index contributed by atoms with van der Waals surface area (Å²) in [5, 5.41) is 8.98. The van der Waals surface area contributed by atoms with Crippen molar-refractivity contribution in [2.45, 2.75) is 26.3 Å². The van der Waals surface area contributed by atoms with Crippen LogP contribution in [0, 0.1) is 11.3 Å². The summed E-state index contributed by atoms with van der Waals surface area (Å²) < 4.78 is 30.6. The molecule has 1 fully saturated rings. The third-order valence-electron chi connectivity index (χ3n) is 2.91. The lowest BCUT2D eigenvalue weighted by atomic mass is 9.60. The van der Waals surface area contributed by atoms with Crippen LogP contribution in [0.15, 0.2) is 0 Å². The molecular weight excluding hydrogens is 455 g/mol. The maximum atomic E-state index is 11.2. The highest BCUT2D eigenvalue weighted by molar-refractivity contribution is 9.39. The average Bonchev–Trinajstić information content (AvgIpc) is 1.97. The van der Waals surface area contributed by atoms with Crippen LogP contribution >= 0.6 is 59.4 Å². The molecule has 0 spiro atoms. The number of halogens is 4. The predicted molar refractivity (Wildman–Crippen MR) is 72.9 cm³/mol. The fraction of sp³-hybridized carbons (Fsp3) is 1.00. The van der Waals surface area contributed by atoms with Gasteiger partial charge in [0.25, 0.3) is 10.1 Å². The quantitative estimate of drug-likeness (QED) is 0.462. The lowest BCUT2D eigenvalue weighted by molar-refractivity contribution is -0.111. The lowest BCUT2D eigenvalue weighted by Crippen LogP contribution is -2.75. The molecule has 0 aromatic heterocycles. The second kappa shape index (κ2) is 4.05. The van der Waals surface area contributed by atoms with Gasteiger partial charge < -0.3 is 5.11 Å². The first-order valence-electron chi connectivity index (χ1n) is 4.17. The Hall–Kier alpha value is 1.60. The van der Waals surface area contributed by atoms with E-state index in [0.29, 0.717) is 0 Å². The van der Waals surface area contributed by atoms with Gasteiger partial charge in [0.05, 0.1) is 5.38 Å². The summed E-state index contributed by atoms with van der Waals surface area (Å²) in [5.41, 5.74) is -0.692. The number of rotatable bonds is 1. The Bertz CT molecular complexity index is 404. The lowest BCUT2D eigenvalue weighted by Gasteiger charge is -2.61. The Morgan fingerprint density at radius 1 is 1.31 bits per heavy atom. The van der Waals surface area contributed by atoms with Crippen molar-refractivity contribution in [3.05, 3.63) is 0 Å². The van der Waals surface area contributed by atoms with E-state index in [9.17, 15) is 13.5 Å². The highest BCUT2D eigenvalue weighted by Crippen LogP contribution is 2.67. The molecule has 0 aromatic carbocycles. The zero-order valence-corrected chi connectivity index (χ0v) is 14.6. The molecule has 16 heavy (non-hydrogen) atoms. The van der Waals surface area contributed by atoms with E-state index < -0.39 is 33.9 Å². The maximum Gasteiger partial charge on any atom is 0.296 e. The van der Waals surface area contributed by atoms with Crippen molar-refractivity contribution >= 4 is 69.5 Å². The molecule has 1 saturated carbocycles. The molecule has 0 saturated heterocycles. The first-order valence-corrected chi connectivity index (χ1v) is 8.43. The van der Waals surface area contributed by atoms with E-state index >= 15 is 0 Å². The third kappa shape index (κ3) is 2.02. The Labute approximate surface area is 124 Å². The first-order chi connectivity index (χ1) is 6.77. The van der Waals surface area contributed by atoms with Crippen LogP contribution in [0.5, 0.6) is 0 Å². The number of aliphatic hydroxyl groups is 1. The van der Waals surface area contributed by atoms with Crippen molar-refractivity contribution in [2.75, 3.05) is 0 Å².